The minimum absolute atomic E-state index is 0.225. The first-order valence-electron chi connectivity index (χ1n) is 11.6. The average Bonchev–Trinajstić information content (AvgIpc) is 3.36. The molecule has 35 heavy (non-hydrogen) atoms. The summed E-state index contributed by atoms with van der Waals surface area (Å²) in [5.41, 5.74) is 2.65. The van der Waals surface area contributed by atoms with Gasteiger partial charge in [-0.1, -0.05) is 30.3 Å². The number of thiazole rings is 1. The van der Waals surface area contributed by atoms with Gasteiger partial charge in [-0.3, -0.25) is 9.78 Å². The van der Waals surface area contributed by atoms with Crippen molar-refractivity contribution < 1.29 is 19.1 Å². The summed E-state index contributed by atoms with van der Waals surface area (Å²) in [4.78, 5) is 35.9. The lowest BCUT2D eigenvalue weighted by Crippen LogP contribution is -2.55. The van der Waals surface area contributed by atoms with E-state index in [0.717, 1.165) is 21.8 Å². The van der Waals surface area contributed by atoms with Crippen LogP contribution in [0.3, 0.4) is 0 Å². The molecule has 0 fully saturated rings. The van der Waals surface area contributed by atoms with Gasteiger partial charge >= 0.3 is 11.9 Å². The first-order chi connectivity index (χ1) is 16.9. The van der Waals surface area contributed by atoms with E-state index < -0.39 is 29.3 Å². The van der Waals surface area contributed by atoms with Crippen LogP contribution in [0.25, 0.3) is 11.3 Å². The van der Waals surface area contributed by atoms with Gasteiger partial charge in [0.25, 0.3) is 0 Å². The minimum atomic E-state index is -0.933. The molecule has 0 saturated carbocycles. The van der Waals surface area contributed by atoms with E-state index in [1.54, 1.807) is 26.2 Å². The number of nitrogens with zero attached hydrogens (tertiary/aromatic N) is 2. The Kier molecular flexibility index (Phi) is 7.31. The van der Waals surface area contributed by atoms with E-state index >= 15 is 0 Å². The zero-order chi connectivity index (χ0) is 25.0. The third-order valence-electron chi connectivity index (χ3n) is 6.22. The maximum absolute atomic E-state index is 13.6. The summed E-state index contributed by atoms with van der Waals surface area (Å²) in [5.74, 6) is -2.19. The van der Waals surface area contributed by atoms with Crippen LogP contribution in [0, 0.1) is 5.92 Å². The summed E-state index contributed by atoms with van der Waals surface area (Å²) >= 11 is 1.46. The molecule has 1 aromatic carbocycles. The number of carbonyl (C=O) groups excluding carboxylic acids is 2. The van der Waals surface area contributed by atoms with Gasteiger partial charge in [0.1, 0.15) is 10.5 Å². The normalized spacial score (nSPS) is 21.8. The van der Waals surface area contributed by atoms with E-state index in [4.69, 9.17) is 14.5 Å². The largest absolute Gasteiger partial charge is 0.466 e. The highest BCUT2D eigenvalue weighted by Gasteiger charge is 2.54. The van der Waals surface area contributed by atoms with Crippen molar-refractivity contribution in [3.8, 4) is 11.3 Å². The molecule has 1 aliphatic heterocycles. The summed E-state index contributed by atoms with van der Waals surface area (Å²) in [6, 6.07) is 13.4. The minimum Gasteiger partial charge on any atom is -0.466 e. The van der Waals surface area contributed by atoms with Crippen molar-refractivity contribution in [2.75, 3.05) is 13.2 Å². The van der Waals surface area contributed by atoms with Gasteiger partial charge in [0.15, 0.2) is 0 Å². The number of nitrogens with one attached hydrogen (secondary N) is 1. The second kappa shape index (κ2) is 10.4. The molecule has 3 aromatic rings. The van der Waals surface area contributed by atoms with Crippen LogP contribution < -0.4 is 5.32 Å². The first-order valence-corrected chi connectivity index (χ1v) is 12.5. The van der Waals surface area contributed by atoms with Crippen LogP contribution >= 0.6 is 11.3 Å². The molecule has 0 spiro atoms. The van der Waals surface area contributed by atoms with Crippen LogP contribution in [-0.2, 0) is 24.6 Å². The number of esters is 2. The van der Waals surface area contributed by atoms with Gasteiger partial charge in [-0.05, 0) is 45.4 Å². The second-order valence-corrected chi connectivity index (χ2v) is 9.34. The third-order valence-corrected chi connectivity index (χ3v) is 7.30. The van der Waals surface area contributed by atoms with Gasteiger partial charge in [0, 0.05) is 35.0 Å². The second-order valence-electron chi connectivity index (χ2n) is 8.48. The lowest BCUT2D eigenvalue weighted by atomic mass is 9.67. The van der Waals surface area contributed by atoms with Gasteiger partial charge in [-0.15, -0.1) is 11.3 Å². The zero-order valence-electron chi connectivity index (χ0n) is 20.3. The number of pyridine rings is 1. The number of aromatic nitrogens is 2. The number of allylic oxidation sites excluding steroid dienone is 1. The standard InChI is InChI=1S/C27H29N3O4S/c1-5-33-24(31)21-17(3)30-27(4,26-29-20(16-35-26)19-13-10-14-28-15-19)23(25(32)34-6-2)22(21)18-11-8-7-9-12-18/h7-16,22-23,30H,5-6H2,1-4H3. The maximum atomic E-state index is 13.6. The van der Waals surface area contributed by atoms with Crippen molar-refractivity contribution >= 4 is 23.3 Å². The zero-order valence-corrected chi connectivity index (χ0v) is 21.1. The van der Waals surface area contributed by atoms with Crippen LogP contribution in [0.15, 0.2) is 71.5 Å². The van der Waals surface area contributed by atoms with Crippen LogP contribution in [0.4, 0.5) is 0 Å². The first kappa shape index (κ1) is 24.6. The molecule has 7 nitrogen and oxygen atoms in total. The highest BCUT2D eigenvalue weighted by atomic mass is 32.1. The molecule has 1 aliphatic rings. The Balaban J connectivity index is 1.91. The number of carbonyl (C=O) groups is 2. The fourth-order valence-electron chi connectivity index (χ4n) is 4.73. The van der Waals surface area contributed by atoms with Gasteiger partial charge in [-0.2, -0.15) is 0 Å². The quantitative estimate of drug-likeness (QED) is 0.474. The lowest BCUT2D eigenvalue weighted by Gasteiger charge is -2.45. The molecule has 0 radical (unpaired) electrons. The molecular formula is C27H29N3O4S. The van der Waals surface area contributed by atoms with Crippen molar-refractivity contribution in [3.05, 3.63) is 82.1 Å². The van der Waals surface area contributed by atoms with Crippen molar-refractivity contribution in [2.24, 2.45) is 5.92 Å². The van der Waals surface area contributed by atoms with Crippen LogP contribution in [0.2, 0.25) is 0 Å². The molecule has 2 aromatic heterocycles. The van der Waals surface area contributed by atoms with E-state index in [9.17, 15) is 9.59 Å². The summed E-state index contributed by atoms with van der Waals surface area (Å²) in [7, 11) is 0. The molecule has 8 heteroatoms. The molecule has 0 saturated heterocycles. The van der Waals surface area contributed by atoms with Crippen LogP contribution in [-0.4, -0.2) is 35.1 Å². The number of hydrogen-bond donors (Lipinski definition) is 1. The van der Waals surface area contributed by atoms with Crippen molar-refractivity contribution in [1.29, 1.82) is 0 Å². The fraction of sp³-hybridized carbons (Fsp3) is 0.333. The molecule has 3 unspecified atom stereocenters. The predicted molar refractivity (Wildman–Crippen MR) is 134 cm³/mol. The highest BCUT2D eigenvalue weighted by Crippen LogP contribution is 2.49. The SMILES string of the molecule is CCOC(=O)C1=C(C)NC(C)(c2nc(-c3cccnc3)cs2)C(C(=O)OCC)C1c1ccccc1. The topological polar surface area (TPSA) is 90.4 Å². The van der Waals surface area contributed by atoms with Crippen LogP contribution in [0.5, 0.6) is 0 Å². The average molecular weight is 492 g/mol. The van der Waals surface area contributed by atoms with E-state index in [1.807, 2.05) is 61.7 Å². The van der Waals surface area contributed by atoms with E-state index in [0.29, 0.717) is 11.3 Å². The molecule has 3 atom stereocenters. The maximum Gasteiger partial charge on any atom is 0.336 e. The molecular weight excluding hydrogens is 462 g/mol. The van der Waals surface area contributed by atoms with Gasteiger partial charge in [0.05, 0.1) is 30.4 Å². The molecule has 3 heterocycles. The van der Waals surface area contributed by atoms with Gasteiger partial charge < -0.3 is 14.8 Å². The Labute approximate surface area is 209 Å². The molecule has 1 N–H and O–H groups in total. The summed E-state index contributed by atoms with van der Waals surface area (Å²) in [5, 5.41) is 6.14. The molecule has 0 bridgehead atoms. The van der Waals surface area contributed by atoms with Crippen molar-refractivity contribution in [3.63, 3.8) is 0 Å². The van der Waals surface area contributed by atoms with Gasteiger partial charge in [0.2, 0.25) is 0 Å². The Hall–Kier alpha value is -3.52. The Morgan fingerprint density at radius 2 is 1.83 bits per heavy atom. The fourth-order valence-corrected chi connectivity index (χ4v) is 5.71. The number of hydrogen-bond acceptors (Lipinski definition) is 8. The summed E-state index contributed by atoms with van der Waals surface area (Å²) in [6.45, 7) is 7.80. The van der Waals surface area contributed by atoms with Crippen molar-refractivity contribution in [1.82, 2.24) is 15.3 Å². The van der Waals surface area contributed by atoms with E-state index in [-0.39, 0.29) is 13.2 Å². The van der Waals surface area contributed by atoms with E-state index in [2.05, 4.69) is 10.3 Å². The lowest BCUT2D eigenvalue weighted by molar-refractivity contribution is -0.152. The summed E-state index contributed by atoms with van der Waals surface area (Å²) < 4.78 is 11.0. The number of benzene rings is 1. The molecule has 182 valence electrons. The Morgan fingerprint density at radius 3 is 2.49 bits per heavy atom. The number of rotatable bonds is 7. The third kappa shape index (κ3) is 4.71. The summed E-state index contributed by atoms with van der Waals surface area (Å²) in [6.07, 6.45) is 3.47. The van der Waals surface area contributed by atoms with Crippen LogP contribution in [0.1, 0.15) is 44.2 Å². The Bertz CT molecular complexity index is 1230. The van der Waals surface area contributed by atoms with E-state index in [1.165, 1.54) is 11.3 Å². The Morgan fingerprint density at radius 1 is 1.09 bits per heavy atom. The molecule has 4 rings (SSSR count). The van der Waals surface area contributed by atoms with Crippen molar-refractivity contribution in [2.45, 2.75) is 39.2 Å². The predicted octanol–water partition coefficient (Wildman–Crippen LogP) is 4.82. The molecule has 0 aliphatic carbocycles. The smallest absolute Gasteiger partial charge is 0.336 e. The number of ether oxygens (including phenoxy) is 2. The molecule has 0 amide bonds. The highest BCUT2D eigenvalue weighted by molar-refractivity contribution is 7.10. The van der Waals surface area contributed by atoms with Gasteiger partial charge in [-0.25, -0.2) is 9.78 Å². The monoisotopic (exact) mass is 491 g/mol.